The van der Waals surface area contributed by atoms with Crippen LogP contribution in [-0.2, 0) is 0 Å². The molecule has 0 spiro atoms. The Bertz CT molecular complexity index is 1120. The Balaban J connectivity index is 1.67. The van der Waals surface area contributed by atoms with E-state index in [-0.39, 0.29) is 22.9 Å². The minimum atomic E-state index is -0.0262. The molecule has 0 amide bonds. The van der Waals surface area contributed by atoms with Crippen LogP contribution in [-0.4, -0.2) is 41.4 Å². The molecule has 0 bridgehead atoms. The van der Waals surface area contributed by atoms with E-state index in [4.69, 9.17) is 11.6 Å². The van der Waals surface area contributed by atoms with E-state index >= 15 is 0 Å². The molecule has 1 aliphatic rings. The number of aromatic nitrogens is 5. The van der Waals surface area contributed by atoms with Gasteiger partial charge >= 0.3 is 0 Å². The van der Waals surface area contributed by atoms with Crippen LogP contribution in [0, 0.1) is 0 Å². The fraction of sp³-hybridized carbons (Fsp3) is 0.429. The van der Waals surface area contributed by atoms with E-state index in [1.165, 1.54) is 23.5 Å². The third kappa shape index (κ3) is 4.17. The quantitative estimate of drug-likeness (QED) is 0.366. The van der Waals surface area contributed by atoms with Gasteiger partial charge in [0.2, 0.25) is 5.65 Å². The first kappa shape index (κ1) is 21.0. The Morgan fingerprint density at radius 2 is 1.84 bits per heavy atom. The molecule has 1 fully saturated rings. The van der Waals surface area contributed by atoms with Crippen LogP contribution in [0.2, 0.25) is 0 Å². The van der Waals surface area contributed by atoms with Crippen molar-refractivity contribution >= 4 is 16.9 Å². The molecule has 4 rings (SSSR count). The smallest absolute Gasteiger partial charge is 0.201 e. The number of hydrogen-bond acceptors (Lipinski definition) is 9. The summed E-state index contributed by atoms with van der Waals surface area (Å²) in [5.74, 6) is 5.88. The molecule has 1 aromatic carbocycles. The van der Waals surface area contributed by atoms with Crippen molar-refractivity contribution in [2.75, 3.05) is 5.01 Å². The van der Waals surface area contributed by atoms with Gasteiger partial charge in [0.1, 0.15) is 11.3 Å². The Hall–Kier alpha value is -3.24. The maximum Gasteiger partial charge on any atom is 0.201 e. The summed E-state index contributed by atoms with van der Waals surface area (Å²) in [4.78, 5) is 0. The number of benzene rings is 1. The number of nitrogens with zero attached hydrogens (tertiary/aromatic N) is 6. The van der Waals surface area contributed by atoms with Gasteiger partial charge in [-0.05, 0) is 58.7 Å². The molecule has 6 N–H and O–H groups in total. The zero-order valence-electron chi connectivity index (χ0n) is 18.2. The number of nitrogens with two attached hydrogens (primary N) is 2. The third-order valence-corrected chi connectivity index (χ3v) is 5.54. The number of fused-ring (bicyclic) bond motifs is 1. The van der Waals surface area contributed by atoms with Gasteiger partial charge in [-0.15, -0.1) is 15.3 Å². The molecule has 2 aromatic heterocycles. The number of hydrazine groups is 1. The van der Waals surface area contributed by atoms with Crippen molar-refractivity contribution in [2.45, 2.75) is 57.7 Å². The van der Waals surface area contributed by atoms with Crippen LogP contribution in [0.5, 0.6) is 5.75 Å². The molecule has 3 aromatic rings. The standard InChI is InChI=1S/C21H29N9O/c1-20(2)11-14(12-21(3,4)27-20)30-19-17(25-28-30)10-16(24-26-19)15-6-5-13(9-18(15)31)29(23)8-7-22/h5-10,14,27,31H,11-12,22-23H2,1-4H3/b8-7-. The minimum absolute atomic E-state index is 0.0262. The van der Waals surface area contributed by atoms with Crippen LogP contribution in [0.1, 0.15) is 46.6 Å². The molecule has 1 saturated heterocycles. The lowest BCUT2D eigenvalue weighted by atomic mass is 9.80. The number of rotatable bonds is 4. The van der Waals surface area contributed by atoms with Crippen molar-refractivity contribution in [2.24, 2.45) is 11.6 Å². The molecule has 31 heavy (non-hydrogen) atoms. The number of nitrogens with one attached hydrogen (secondary N) is 1. The highest BCUT2D eigenvalue weighted by molar-refractivity contribution is 5.78. The lowest BCUT2D eigenvalue weighted by molar-refractivity contribution is 0.127. The fourth-order valence-corrected chi connectivity index (χ4v) is 4.65. The summed E-state index contributed by atoms with van der Waals surface area (Å²) in [6.07, 6.45) is 4.63. The second-order valence-corrected chi connectivity index (χ2v) is 9.38. The Morgan fingerprint density at radius 1 is 1.13 bits per heavy atom. The fourth-order valence-electron chi connectivity index (χ4n) is 4.65. The molecule has 10 heteroatoms. The van der Waals surface area contributed by atoms with Crippen LogP contribution in [0.25, 0.3) is 22.4 Å². The van der Waals surface area contributed by atoms with Gasteiger partial charge in [-0.2, -0.15) is 0 Å². The lowest BCUT2D eigenvalue weighted by Crippen LogP contribution is -2.58. The SMILES string of the molecule is CC1(C)CC(n2nnc3cc(-c4ccc(N(N)/C=C\N)cc4O)nnc32)CC(C)(C)N1. The number of piperidine rings is 1. The first-order chi connectivity index (χ1) is 14.6. The molecule has 0 unspecified atom stereocenters. The molecule has 164 valence electrons. The summed E-state index contributed by atoms with van der Waals surface area (Å²) in [6.45, 7) is 8.79. The van der Waals surface area contributed by atoms with Crippen LogP contribution >= 0.6 is 0 Å². The summed E-state index contributed by atoms with van der Waals surface area (Å²) in [7, 11) is 0. The molecule has 0 atom stereocenters. The Morgan fingerprint density at radius 3 is 2.48 bits per heavy atom. The van der Waals surface area contributed by atoms with E-state index in [0.717, 1.165) is 12.8 Å². The second kappa shape index (κ2) is 7.47. The minimum Gasteiger partial charge on any atom is -0.507 e. The van der Waals surface area contributed by atoms with E-state index in [0.29, 0.717) is 28.1 Å². The van der Waals surface area contributed by atoms with Gasteiger partial charge in [0.15, 0.2) is 0 Å². The third-order valence-electron chi connectivity index (χ3n) is 5.54. The molecular weight excluding hydrogens is 394 g/mol. The zero-order valence-corrected chi connectivity index (χ0v) is 18.2. The van der Waals surface area contributed by atoms with Crippen molar-refractivity contribution in [1.82, 2.24) is 30.5 Å². The molecule has 0 radical (unpaired) electrons. The number of hydrogen-bond donors (Lipinski definition) is 4. The maximum atomic E-state index is 10.5. The van der Waals surface area contributed by atoms with Crippen LogP contribution in [0.15, 0.2) is 36.7 Å². The highest BCUT2D eigenvalue weighted by Gasteiger charge is 2.39. The van der Waals surface area contributed by atoms with E-state index in [2.05, 4.69) is 53.5 Å². The monoisotopic (exact) mass is 423 g/mol. The van der Waals surface area contributed by atoms with Gasteiger partial charge in [-0.25, -0.2) is 10.5 Å². The summed E-state index contributed by atoms with van der Waals surface area (Å²) in [5.41, 5.74) is 8.20. The van der Waals surface area contributed by atoms with E-state index in [1.807, 2.05) is 4.68 Å². The van der Waals surface area contributed by atoms with Gasteiger partial charge in [0.05, 0.1) is 17.4 Å². The van der Waals surface area contributed by atoms with Gasteiger partial charge in [0, 0.05) is 35.1 Å². The van der Waals surface area contributed by atoms with E-state index < -0.39 is 0 Å². The average Bonchev–Trinajstić information content (AvgIpc) is 3.09. The van der Waals surface area contributed by atoms with Gasteiger partial charge in [0.25, 0.3) is 0 Å². The average molecular weight is 424 g/mol. The Kier molecular flexibility index (Phi) is 5.06. The molecule has 3 heterocycles. The maximum absolute atomic E-state index is 10.5. The first-order valence-electron chi connectivity index (χ1n) is 10.2. The molecule has 0 saturated carbocycles. The highest BCUT2D eigenvalue weighted by atomic mass is 16.3. The predicted octanol–water partition coefficient (Wildman–Crippen LogP) is 2.19. The summed E-state index contributed by atoms with van der Waals surface area (Å²) in [5, 5.41) is 33.0. The molecular formula is C21H29N9O. The van der Waals surface area contributed by atoms with Crippen molar-refractivity contribution < 1.29 is 5.11 Å². The van der Waals surface area contributed by atoms with Crippen LogP contribution in [0.4, 0.5) is 5.69 Å². The van der Waals surface area contributed by atoms with Crippen molar-refractivity contribution in [3.8, 4) is 17.0 Å². The number of phenolic OH excluding ortho intramolecular Hbond substituents is 1. The second-order valence-electron chi connectivity index (χ2n) is 9.38. The normalized spacial score (nSPS) is 18.6. The summed E-state index contributed by atoms with van der Waals surface area (Å²) >= 11 is 0. The van der Waals surface area contributed by atoms with Crippen molar-refractivity contribution in [3.63, 3.8) is 0 Å². The predicted molar refractivity (Wildman–Crippen MR) is 120 cm³/mol. The van der Waals surface area contributed by atoms with E-state index in [1.54, 1.807) is 18.2 Å². The van der Waals surface area contributed by atoms with Gasteiger partial charge < -0.3 is 16.2 Å². The van der Waals surface area contributed by atoms with Crippen LogP contribution < -0.4 is 21.9 Å². The van der Waals surface area contributed by atoms with E-state index in [9.17, 15) is 5.11 Å². The number of anilines is 1. The molecule has 10 nitrogen and oxygen atoms in total. The van der Waals surface area contributed by atoms with Crippen molar-refractivity contribution in [3.05, 3.63) is 36.7 Å². The summed E-state index contributed by atoms with van der Waals surface area (Å²) in [6, 6.07) is 6.98. The Labute approximate surface area is 180 Å². The molecule has 0 aliphatic carbocycles. The number of aromatic hydroxyl groups is 1. The zero-order chi connectivity index (χ0) is 22.4. The summed E-state index contributed by atoms with van der Waals surface area (Å²) < 4.78 is 1.88. The molecule has 1 aliphatic heterocycles. The van der Waals surface area contributed by atoms with Crippen LogP contribution in [0.3, 0.4) is 0 Å². The number of phenols is 1. The first-order valence-corrected chi connectivity index (χ1v) is 10.2. The van der Waals surface area contributed by atoms with Crippen molar-refractivity contribution in [1.29, 1.82) is 0 Å². The van der Waals surface area contributed by atoms with Gasteiger partial charge in [-0.3, -0.25) is 5.01 Å². The van der Waals surface area contributed by atoms with Gasteiger partial charge in [-0.1, -0.05) is 5.21 Å². The topological polar surface area (TPSA) is 144 Å². The largest absolute Gasteiger partial charge is 0.507 e. The lowest BCUT2D eigenvalue weighted by Gasteiger charge is -2.46. The highest BCUT2D eigenvalue weighted by Crippen LogP contribution is 2.37.